The predicted octanol–water partition coefficient (Wildman–Crippen LogP) is 1.82. The van der Waals surface area contributed by atoms with Crippen LogP contribution in [0.4, 0.5) is 0 Å². The molecular formula is C18H25NO4. The average Bonchev–Trinajstić information content (AvgIpc) is 3.18. The van der Waals surface area contributed by atoms with E-state index in [4.69, 9.17) is 14.2 Å². The smallest absolute Gasteiger partial charge is 0.260 e. The molecule has 5 heteroatoms. The van der Waals surface area contributed by atoms with Gasteiger partial charge in [0.05, 0.1) is 18.8 Å². The van der Waals surface area contributed by atoms with Crippen LogP contribution in [0, 0.1) is 0 Å². The number of amides is 1. The van der Waals surface area contributed by atoms with Gasteiger partial charge in [0.25, 0.3) is 5.91 Å². The van der Waals surface area contributed by atoms with E-state index in [1.54, 1.807) is 14.2 Å². The fraction of sp³-hybridized carbons (Fsp3) is 0.611. The van der Waals surface area contributed by atoms with Crippen LogP contribution in [0.25, 0.3) is 0 Å². The van der Waals surface area contributed by atoms with Crippen molar-refractivity contribution in [1.82, 2.24) is 4.90 Å². The summed E-state index contributed by atoms with van der Waals surface area (Å²) in [7, 11) is 3.34. The Morgan fingerprint density at radius 1 is 1.26 bits per heavy atom. The van der Waals surface area contributed by atoms with E-state index in [2.05, 4.69) is 12.1 Å². The van der Waals surface area contributed by atoms with Gasteiger partial charge in [-0.1, -0.05) is 6.07 Å². The van der Waals surface area contributed by atoms with Crippen LogP contribution in [0.2, 0.25) is 0 Å². The van der Waals surface area contributed by atoms with Gasteiger partial charge in [-0.3, -0.25) is 4.79 Å². The summed E-state index contributed by atoms with van der Waals surface area (Å²) in [4.78, 5) is 14.3. The van der Waals surface area contributed by atoms with E-state index in [0.717, 1.165) is 25.0 Å². The van der Waals surface area contributed by atoms with Crippen molar-refractivity contribution >= 4 is 5.91 Å². The van der Waals surface area contributed by atoms with Crippen LogP contribution >= 0.6 is 0 Å². The Morgan fingerprint density at radius 3 is 2.87 bits per heavy atom. The molecule has 1 amide bonds. The Labute approximate surface area is 137 Å². The van der Waals surface area contributed by atoms with Crippen molar-refractivity contribution in [1.29, 1.82) is 0 Å². The number of rotatable bonds is 6. The highest BCUT2D eigenvalue weighted by Crippen LogP contribution is 2.26. The first-order valence-corrected chi connectivity index (χ1v) is 8.27. The van der Waals surface area contributed by atoms with Crippen molar-refractivity contribution in [3.8, 4) is 5.75 Å². The summed E-state index contributed by atoms with van der Waals surface area (Å²) >= 11 is 0. The number of methoxy groups -OCH3 is 2. The molecule has 0 spiro atoms. The maximum absolute atomic E-state index is 12.5. The Morgan fingerprint density at radius 2 is 2.09 bits per heavy atom. The lowest BCUT2D eigenvalue weighted by molar-refractivity contribution is -0.135. The van der Waals surface area contributed by atoms with E-state index >= 15 is 0 Å². The molecule has 0 aromatic heterocycles. The molecule has 1 saturated heterocycles. The molecule has 0 bridgehead atoms. The van der Waals surface area contributed by atoms with Gasteiger partial charge >= 0.3 is 0 Å². The Bertz CT molecular complexity index is 560. The number of hydrogen-bond donors (Lipinski definition) is 0. The van der Waals surface area contributed by atoms with E-state index in [-0.39, 0.29) is 24.7 Å². The number of nitrogens with zero attached hydrogens (tertiary/aromatic N) is 1. The van der Waals surface area contributed by atoms with Crippen molar-refractivity contribution in [2.45, 2.75) is 37.8 Å². The molecular weight excluding hydrogens is 294 g/mol. The molecule has 1 heterocycles. The zero-order valence-electron chi connectivity index (χ0n) is 13.9. The molecule has 1 aromatic rings. The number of fused-ring (bicyclic) bond motifs is 1. The standard InChI is InChI=1S/C18H25NO4/c1-21-11-15-9-17(22-2)10-19(15)18(20)12-23-16-7-6-13-4-3-5-14(13)8-16/h6-8,15,17H,3-5,9-12H2,1-2H3/t15-,17-/m0/s1. The van der Waals surface area contributed by atoms with Gasteiger partial charge < -0.3 is 19.1 Å². The Balaban J connectivity index is 1.58. The highest BCUT2D eigenvalue weighted by molar-refractivity contribution is 5.78. The average molecular weight is 319 g/mol. The highest BCUT2D eigenvalue weighted by atomic mass is 16.5. The molecule has 0 saturated carbocycles. The summed E-state index contributed by atoms with van der Waals surface area (Å²) < 4.78 is 16.3. The number of carbonyl (C=O) groups excluding carboxylic acids is 1. The van der Waals surface area contributed by atoms with Crippen molar-refractivity contribution in [3.05, 3.63) is 29.3 Å². The third-order valence-corrected chi connectivity index (χ3v) is 4.82. The molecule has 1 aliphatic carbocycles. The SMILES string of the molecule is COC[C@@H]1C[C@H](OC)CN1C(=O)COc1ccc2c(c1)CCC2. The number of benzene rings is 1. The molecule has 126 valence electrons. The van der Waals surface area contributed by atoms with Crippen LogP contribution in [-0.4, -0.2) is 56.9 Å². The van der Waals surface area contributed by atoms with E-state index < -0.39 is 0 Å². The predicted molar refractivity (Wildman–Crippen MR) is 86.8 cm³/mol. The van der Waals surface area contributed by atoms with Crippen molar-refractivity contribution in [2.75, 3.05) is 34.0 Å². The van der Waals surface area contributed by atoms with Crippen LogP contribution in [-0.2, 0) is 27.1 Å². The Kier molecular flexibility index (Phi) is 5.18. The molecule has 1 aromatic carbocycles. The van der Waals surface area contributed by atoms with Gasteiger partial charge in [-0.2, -0.15) is 0 Å². The molecule has 23 heavy (non-hydrogen) atoms. The molecule has 5 nitrogen and oxygen atoms in total. The molecule has 1 aliphatic heterocycles. The van der Waals surface area contributed by atoms with Crippen LogP contribution in [0.1, 0.15) is 24.0 Å². The topological polar surface area (TPSA) is 48.0 Å². The van der Waals surface area contributed by atoms with E-state index in [1.165, 1.54) is 17.5 Å². The minimum absolute atomic E-state index is 0.00732. The lowest BCUT2D eigenvalue weighted by Crippen LogP contribution is -2.41. The largest absolute Gasteiger partial charge is 0.484 e. The quantitative estimate of drug-likeness (QED) is 0.802. The van der Waals surface area contributed by atoms with Crippen LogP contribution < -0.4 is 4.74 Å². The van der Waals surface area contributed by atoms with Crippen LogP contribution in [0.15, 0.2) is 18.2 Å². The molecule has 2 atom stereocenters. The molecule has 0 radical (unpaired) electrons. The van der Waals surface area contributed by atoms with Gasteiger partial charge in [0, 0.05) is 20.8 Å². The highest BCUT2D eigenvalue weighted by Gasteiger charge is 2.35. The maximum Gasteiger partial charge on any atom is 0.260 e. The van der Waals surface area contributed by atoms with Crippen LogP contribution in [0.3, 0.4) is 0 Å². The molecule has 0 N–H and O–H groups in total. The van der Waals surface area contributed by atoms with E-state index in [1.807, 2.05) is 11.0 Å². The first-order valence-electron chi connectivity index (χ1n) is 8.27. The summed E-state index contributed by atoms with van der Waals surface area (Å²) in [5.74, 6) is 0.775. The number of aryl methyl sites for hydroxylation is 2. The summed E-state index contributed by atoms with van der Waals surface area (Å²) in [5, 5.41) is 0. The zero-order chi connectivity index (χ0) is 16.2. The number of hydrogen-bond acceptors (Lipinski definition) is 4. The lowest BCUT2D eigenvalue weighted by atomic mass is 10.1. The third kappa shape index (κ3) is 3.67. The number of likely N-dealkylation sites (tertiary alicyclic amines) is 1. The minimum Gasteiger partial charge on any atom is -0.484 e. The zero-order valence-corrected chi connectivity index (χ0v) is 13.9. The van der Waals surface area contributed by atoms with Crippen molar-refractivity contribution < 1.29 is 19.0 Å². The first-order chi connectivity index (χ1) is 11.2. The van der Waals surface area contributed by atoms with Gasteiger partial charge in [0.15, 0.2) is 6.61 Å². The normalized spacial score (nSPS) is 23.1. The number of ether oxygens (including phenoxy) is 3. The molecule has 0 unspecified atom stereocenters. The van der Waals surface area contributed by atoms with Gasteiger partial charge in [-0.15, -0.1) is 0 Å². The number of carbonyl (C=O) groups is 1. The van der Waals surface area contributed by atoms with Gasteiger partial charge in [-0.25, -0.2) is 0 Å². The molecule has 3 rings (SSSR count). The fourth-order valence-corrected chi connectivity index (χ4v) is 3.57. The minimum atomic E-state index is -0.00732. The maximum atomic E-state index is 12.5. The monoisotopic (exact) mass is 319 g/mol. The van der Waals surface area contributed by atoms with Gasteiger partial charge in [0.2, 0.25) is 0 Å². The lowest BCUT2D eigenvalue weighted by Gasteiger charge is -2.23. The summed E-state index contributed by atoms with van der Waals surface area (Å²) in [6.45, 7) is 1.21. The molecule has 1 fully saturated rings. The second-order valence-corrected chi connectivity index (χ2v) is 6.32. The van der Waals surface area contributed by atoms with E-state index in [0.29, 0.717) is 13.2 Å². The van der Waals surface area contributed by atoms with Crippen molar-refractivity contribution in [3.63, 3.8) is 0 Å². The fourth-order valence-electron chi connectivity index (χ4n) is 3.57. The summed E-state index contributed by atoms with van der Waals surface area (Å²) in [5.41, 5.74) is 2.76. The van der Waals surface area contributed by atoms with Crippen LogP contribution in [0.5, 0.6) is 5.75 Å². The second kappa shape index (κ2) is 7.32. The van der Waals surface area contributed by atoms with Gasteiger partial charge in [-0.05, 0) is 48.9 Å². The summed E-state index contributed by atoms with van der Waals surface area (Å²) in [6, 6.07) is 6.23. The third-order valence-electron chi connectivity index (χ3n) is 4.82. The van der Waals surface area contributed by atoms with Crippen molar-refractivity contribution in [2.24, 2.45) is 0 Å². The summed E-state index contributed by atoms with van der Waals surface area (Å²) in [6.07, 6.45) is 4.37. The first kappa shape index (κ1) is 16.3. The Hall–Kier alpha value is -1.59. The van der Waals surface area contributed by atoms with Gasteiger partial charge in [0.1, 0.15) is 5.75 Å². The van der Waals surface area contributed by atoms with E-state index in [9.17, 15) is 4.79 Å². The second-order valence-electron chi connectivity index (χ2n) is 6.32. The molecule has 2 aliphatic rings.